The zero-order valence-corrected chi connectivity index (χ0v) is 30.7. The van der Waals surface area contributed by atoms with Gasteiger partial charge in [-0.3, -0.25) is 4.79 Å². The Balaban J connectivity index is 0.000000267. The second kappa shape index (κ2) is 20.9. The number of imidazole rings is 1. The molecule has 0 spiro atoms. The van der Waals surface area contributed by atoms with Crippen LogP contribution in [0.25, 0.3) is 11.2 Å². The third-order valence-corrected chi connectivity index (χ3v) is 8.33. The topological polar surface area (TPSA) is 248 Å². The molecule has 1 aliphatic rings. The summed E-state index contributed by atoms with van der Waals surface area (Å²) in [5, 5.41) is 56.2. The minimum Gasteiger partial charge on any atom is -0.394 e. The quantitative estimate of drug-likeness (QED) is 0.0923. The van der Waals surface area contributed by atoms with Crippen molar-refractivity contribution in [1.82, 2.24) is 35.5 Å². The maximum Gasteiger partial charge on any atom is 0.319 e. The summed E-state index contributed by atoms with van der Waals surface area (Å²) in [5.41, 5.74) is 3.13. The molecule has 5 rings (SSSR count). The first kappa shape index (κ1) is 41.5. The van der Waals surface area contributed by atoms with E-state index >= 15 is 0 Å². The summed E-state index contributed by atoms with van der Waals surface area (Å²) < 4.78 is 1.67. The van der Waals surface area contributed by atoms with Crippen LogP contribution in [0.2, 0.25) is 0 Å². The molecule has 0 unspecified atom stereocenters. The fraction of sp³-hybridized carbons (Fsp3) is 0.368. The van der Waals surface area contributed by atoms with E-state index in [0.29, 0.717) is 40.6 Å². The molecule has 0 aliphatic heterocycles. The Morgan fingerprint density at radius 2 is 1.53 bits per heavy atom. The van der Waals surface area contributed by atoms with E-state index < -0.39 is 36.8 Å². The fourth-order valence-corrected chi connectivity index (χ4v) is 5.75. The third-order valence-electron chi connectivity index (χ3n) is 8.33. The van der Waals surface area contributed by atoms with Gasteiger partial charge in [0.1, 0.15) is 30.2 Å². The second-order valence-electron chi connectivity index (χ2n) is 12.3. The van der Waals surface area contributed by atoms with Gasteiger partial charge >= 0.3 is 12.1 Å². The molecular formula is C38H46N10O7. The van der Waals surface area contributed by atoms with Crippen molar-refractivity contribution in [2.24, 2.45) is 0 Å². The van der Waals surface area contributed by atoms with Crippen LogP contribution in [0.1, 0.15) is 37.7 Å². The molecule has 2 aromatic heterocycles. The Labute approximate surface area is 318 Å². The highest BCUT2D eigenvalue weighted by atomic mass is 16.3. The van der Waals surface area contributed by atoms with Crippen LogP contribution in [-0.4, -0.2) is 109 Å². The highest BCUT2D eigenvalue weighted by molar-refractivity contribution is 5.93. The number of amides is 5. The fourth-order valence-electron chi connectivity index (χ4n) is 5.75. The largest absolute Gasteiger partial charge is 0.394 e. The third kappa shape index (κ3) is 12.1. The van der Waals surface area contributed by atoms with E-state index in [1.54, 1.807) is 49.6 Å². The summed E-state index contributed by atoms with van der Waals surface area (Å²) in [6, 6.07) is 14.3. The average Bonchev–Trinajstić information content (AvgIpc) is 3.71. The van der Waals surface area contributed by atoms with E-state index in [2.05, 4.69) is 70.5 Å². The molecule has 4 aromatic rings. The lowest BCUT2D eigenvalue weighted by Gasteiger charge is -2.19. The standard InChI is InChI=1S/C22H28N6O5.C16H18N4O2/c1-12-24-21(26-14(9-29)7-13-5-3-2-4-6-13)18-22(25-12)28(11-23-18)16-8-15(19(32)20(16)33)27-17(31)10-30;1-3-5-10-17-15(21)19-13-8-7-9-14(12-13)20-16(22)18-11-6-4-2/h2-6,11,14-16,19-20,29-30,32-33H,7-10H2,1H3,(H,27,31)(H,24,25,26);7-9,12H,10-11H2,1-2H3,(H2,17,19,21)(H2,18,20,22)/t14-,15-,16+,19+,20-;/m0./s1. The molecule has 1 saturated carbocycles. The Bertz CT molecular complexity index is 1980. The number of benzene rings is 2. The van der Waals surface area contributed by atoms with Crippen molar-refractivity contribution in [3.63, 3.8) is 0 Å². The van der Waals surface area contributed by atoms with Crippen LogP contribution in [0, 0.1) is 30.6 Å². The Morgan fingerprint density at radius 3 is 2.11 bits per heavy atom. The van der Waals surface area contributed by atoms with E-state index in [-0.39, 0.29) is 44.2 Å². The number of nitrogens with one attached hydrogen (secondary N) is 6. The van der Waals surface area contributed by atoms with E-state index in [9.17, 15) is 29.7 Å². The van der Waals surface area contributed by atoms with E-state index in [4.69, 9.17) is 5.11 Å². The zero-order valence-electron chi connectivity index (χ0n) is 30.7. The maximum atomic E-state index is 11.6. The molecule has 0 saturated heterocycles. The van der Waals surface area contributed by atoms with Crippen LogP contribution < -0.4 is 31.9 Å². The normalized spacial score (nSPS) is 17.5. The molecule has 5 amide bonds. The van der Waals surface area contributed by atoms with Crippen molar-refractivity contribution < 1.29 is 34.8 Å². The number of urea groups is 2. The van der Waals surface area contributed by atoms with Gasteiger partial charge in [-0.2, -0.15) is 0 Å². The van der Waals surface area contributed by atoms with Gasteiger partial charge in [-0.25, -0.2) is 24.5 Å². The van der Waals surface area contributed by atoms with Crippen LogP contribution in [0.4, 0.5) is 26.8 Å². The van der Waals surface area contributed by atoms with Crippen LogP contribution in [0.5, 0.6) is 0 Å². The Hall–Kier alpha value is -6.24. The SMILES string of the molecule is CC#CCNC(=O)Nc1cccc(NC(=O)NCC#CC)c1.Cc1nc(N[C@H](CO)Cc2ccccc2)c2ncn([C@@H]3C[C@H](NC(=O)CO)[C@@H](O)[C@H]3O)c2n1. The van der Waals surface area contributed by atoms with Crippen molar-refractivity contribution in [2.75, 3.05) is 42.3 Å². The maximum absolute atomic E-state index is 11.6. The number of aliphatic hydroxyl groups excluding tert-OH is 4. The second-order valence-corrected chi connectivity index (χ2v) is 12.3. The van der Waals surface area contributed by atoms with E-state index in [1.807, 2.05) is 30.3 Å². The molecule has 55 heavy (non-hydrogen) atoms. The molecular weight excluding hydrogens is 708 g/mol. The lowest BCUT2D eigenvalue weighted by Crippen LogP contribution is -2.44. The number of anilines is 3. The predicted molar refractivity (Wildman–Crippen MR) is 207 cm³/mol. The molecule has 290 valence electrons. The van der Waals surface area contributed by atoms with Gasteiger partial charge < -0.3 is 56.9 Å². The summed E-state index contributed by atoms with van der Waals surface area (Å²) >= 11 is 0. The number of rotatable bonds is 12. The minimum absolute atomic E-state index is 0.111. The molecule has 10 N–H and O–H groups in total. The van der Waals surface area contributed by atoms with Gasteiger partial charge in [-0.1, -0.05) is 48.2 Å². The van der Waals surface area contributed by atoms with E-state index in [1.165, 1.54) is 6.33 Å². The number of fused-ring (bicyclic) bond motifs is 1. The van der Waals surface area contributed by atoms with Crippen LogP contribution >= 0.6 is 0 Å². The highest BCUT2D eigenvalue weighted by Crippen LogP contribution is 2.34. The smallest absolute Gasteiger partial charge is 0.319 e. The first-order chi connectivity index (χ1) is 26.6. The number of hydrogen-bond acceptors (Lipinski definition) is 11. The van der Waals surface area contributed by atoms with Gasteiger partial charge in [0.15, 0.2) is 11.5 Å². The van der Waals surface area contributed by atoms with Crippen molar-refractivity contribution in [3.05, 3.63) is 72.3 Å². The van der Waals surface area contributed by atoms with E-state index in [0.717, 1.165) is 5.56 Å². The first-order valence-electron chi connectivity index (χ1n) is 17.4. The van der Waals surface area contributed by atoms with Crippen molar-refractivity contribution in [2.45, 2.75) is 63.9 Å². The molecule has 1 aliphatic carbocycles. The lowest BCUT2D eigenvalue weighted by atomic mass is 10.1. The number of aromatic nitrogens is 4. The molecule has 17 heteroatoms. The van der Waals surface area contributed by atoms with Crippen LogP contribution in [-0.2, 0) is 11.2 Å². The molecule has 2 heterocycles. The van der Waals surface area contributed by atoms with Gasteiger partial charge in [-0.05, 0) is 57.4 Å². The molecule has 0 bridgehead atoms. The number of hydrogen-bond donors (Lipinski definition) is 10. The number of aliphatic hydroxyl groups is 4. The number of carbonyl (C=O) groups is 3. The average molecular weight is 755 g/mol. The zero-order chi connectivity index (χ0) is 39.7. The van der Waals surface area contributed by atoms with Crippen molar-refractivity contribution in [3.8, 4) is 23.7 Å². The summed E-state index contributed by atoms with van der Waals surface area (Å²) in [4.78, 5) is 48.1. The monoisotopic (exact) mass is 754 g/mol. The van der Waals surface area contributed by atoms with Crippen LogP contribution in [0.3, 0.4) is 0 Å². The number of nitrogens with zero attached hydrogens (tertiary/aromatic N) is 4. The Kier molecular flexibility index (Phi) is 15.7. The van der Waals surface area contributed by atoms with Gasteiger partial charge in [0.2, 0.25) is 5.91 Å². The first-order valence-corrected chi connectivity index (χ1v) is 17.4. The summed E-state index contributed by atoms with van der Waals surface area (Å²) in [7, 11) is 0. The molecule has 1 fully saturated rings. The lowest BCUT2D eigenvalue weighted by molar-refractivity contribution is -0.125. The summed E-state index contributed by atoms with van der Waals surface area (Å²) in [6.07, 6.45) is -0.0260. The summed E-state index contributed by atoms with van der Waals surface area (Å²) in [6.45, 7) is 4.88. The highest BCUT2D eigenvalue weighted by Gasteiger charge is 2.43. The summed E-state index contributed by atoms with van der Waals surface area (Å²) in [5.74, 6) is 11.1. The molecule has 17 nitrogen and oxygen atoms in total. The number of carbonyl (C=O) groups excluding carboxylic acids is 3. The van der Waals surface area contributed by atoms with Gasteiger partial charge in [0.25, 0.3) is 0 Å². The van der Waals surface area contributed by atoms with Crippen molar-refractivity contribution in [1.29, 1.82) is 0 Å². The molecule has 0 radical (unpaired) electrons. The minimum atomic E-state index is -1.20. The molecule has 2 aromatic carbocycles. The number of aryl methyl sites for hydroxylation is 1. The Morgan fingerprint density at radius 1 is 0.891 bits per heavy atom. The molecule has 5 atom stereocenters. The van der Waals surface area contributed by atoms with Gasteiger partial charge in [-0.15, -0.1) is 11.8 Å². The van der Waals surface area contributed by atoms with Crippen molar-refractivity contribution >= 4 is 46.3 Å². The van der Waals surface area contributed by atoms with Gasteiger partial charge in [0, 0.05) is 11.4 Å². The van der Waals surface area contributed by atoms with Gasteiger partial charge in [0.05, 0.1) is 44.1 Å². The van der Waals surface area contributed by atoms with Crippen LogP contribution in [0.15, 0.2) is 60.9 Å². The predicted octanol–water partition coefficient (Wildman–Crippen LogP) is 1.27.